The first-order chi connectivity index (χ1) is 5.36. The Bertz CT molecular complexity index is 142. The van der Waals surface area contributed by atoms with Crippen molar-refractivity contribution in [2.75, 3.05) is 18.6 Å². The van der Waals surface area contributed by atoms with Crippen LogP contribution in [0.15, 0.2) is 4.99 Å². The molecule has 0 aromatic heterocycles. The largest absolute Gasteiger partial charge is 0.352 e. The molecule has 1 heterocycles. The molecule has 0 spiro atoms. The number of aliphatic imine (C=N–C) groups is 1. The number of rotatable bonds is 1. The average molecular weight is 174 g/mol. The second-order valence-electron chi connectivity index (χ2n) is 2.42. The Kier molecular flexibility index (Phi) is 3.51. The first kappa shape index (κ1) is 8.67. The number of guanidine groups is 1. The third kappa shape index (κ3) is 2.59. The summed E-state index contributed by atoms with van der Waals surface area (Å²) in [6, 6.07) is 0.537. The first-order valence-electron chi connectivity index (χ1n) is 3.64. The summed E-state index contributed by atoms with van der Waals surface area (Å²) >= 11 is 1.96. The molecule has 0 saturated carbocycles. The molecule has 0 amide bonds. The smallest absolute Gasteiger partial charge is 0.205 e. The van der Waals surface area contributed by atoms with E-state index in [-0.39, 0.29) is 0 Å². The molecule has 5 heteroatoms. The van der Waals surface area contributed by atoms with E-state index < -0.39 is 0 Å². The highest BCUT2D eigenvalue weighted by molar-refractivity contribution is 7.99. The van der Waals surface area contributed by atoms with Crippen LogP contribution in [0.1, 0.15) is 6.42 Å². The van der Waals surface area contributed by atoms with Crippen molar-refractivity contribution < 1.29 is 0 Å². The molecule has 11 heavy (non-hydrogen) atoms. The predicted molar refractivity (Wildman–Crippen MR) is 49.5 cm³/mol. The van der Waals surface area contributed by atoms with Crippen LogP contribution in [-0.4, -0.2) is 30.6 Å². The van der Waals surface area contributed by atoms with E-state index in [1.807, 2.05) is 11.8 Å². The van der Waals surface area contributed by atoms with Crippen LogP contribution >= 0.6 is 11.8 Å². The fraction of sp³-hybridized carbons (Fsp3) is 0.833. The van der Waals surface area contributed by atoms with Gasteiger partial charge >= 0.3 is 0 Å². The van der Waals surface area contributed by atoms with Gasteiger partial charge < -0.3 is 5.32 Å². The van der Waals surface area contributed by atoms with Crippen LogP contribution in [0.2, 0.25) is 0 Å². The lowest BCUT2D eigenvalue weighted by Crippen LogP contribution is -2.46. The third-order valence-electron chi connectivity index (χ3n) is 1.63. The van der Waals surface area contributed by atoms with Crippen molar-refractivity contribution in [2.24, 2.45) is 10.8 Å². The monoisotopic (exact) mass is 174 g/mol. The minimum Gasteiger partial charge on any atom is -0.352 e. The molecule has 4 nitrogen and oxygen atoms in total. The van der Waals surface area contributed by atoms with Crippen molar-refractivity contribution in [3.63, 3.8) is 0 Å². The van der Waals surface area contributed by atoms with Gasteiger partial charge in [0.05, 0.1) is 0 Å². The summed E-state index contributed by atoms with van der Waals surface area (Å²) in [5.74, 6) is 8.28. The molecule has 1 saturated heterocycles. The molecule has 0 radical (unpaired) electrons. The summed E-state index contributed by atoms with van der Waals surface area (Å²) in [5, 5.41) is 3.21. The van der Waals surface area contributed by atoms with E-state index in [0.717, 1.165) is 5.75 Å². The summed E-state index contributed by atoms with van der Waals surface area (Å²) < 4.78 is 0. The maximum atomic E-state index is 5.21. The lowest BCUT2D eigenvalue weighted by atomic mass is 10.3. The lowest BCUT2D eigenvalue weighted by Gasteiger charge is -2.13. The van der Waals surface area contributed by atoms with Crippen molar-refractivity contribution >= 4 is 17.7 Å². The van der Waals surface area contributed by atoms with Crippen LogP contribution in [0.5, 0.6) is 0 Å². The Morgan fingerprint density at radius 3 is 3.00 bits per heavy atom. The normalized spacial score (nSPS) is 25.3. The molecule has 1 fully saturated rings. The number of nitrogens with two attached hydrogens (primary N) is 1. The minimum absolute atomic E-state index is 0.537. The van der Waals surface area contributed by atoms with Gasteiger partial charge in [0.25, 0.3) is 0 Å². The third-order valence-corrected chi connectivity index (χ3v) is 2.79. The van der Waals surface area contributed by atoms with Gasteiger partial charge in [0.1, 0.15) is 0 Å². The molecule has 1 aliphatic rings. The molecule has 64 valence electrons. The highest BCUT2D eigenvalue weighted by Crippen LogP contribution is 2.16. The Hall–Kier alpha value is -0.420. The standard InChI is InChI=1S/C6H14N4S/c1-8-6(10-7)9-5-2-3-11-4-5/h5H,2-4,7H2,1H3,(H2,8,9,10). The Balaban J connectivity index is 2.27. The molecule has 1 rings (SSSR count). The van der Waals surface area contributed by atoms with Gasteiger partial charge in [-0.3, -0.25) is 10.4 Å². The SMILES string of the molecule is CN=C(NN)NC1CCSC1. The molecule has 0 aliphatic carbocycles. The van der Waals surface area contributed by atoms with Gasteiger partial charge in [0.15, 0.2) is 0 Å². The summed E-state index contributed by atoms with van der Waals surface area (Å²) in [7, 11) is 1.71. The van der Waals surface area contributed by atoms with Crippen molar-refractivity contribution in [1.29, 1.82) is 0 Å². The number of hydrogen-bond acceptors (Lipinski definition) is 3. The number of hydrogen-bond donors (Lipinski definition) is 3. The van der Waals surface area contributed by atoms with Gasteiger partial charge in [-0.1, -0.05) is 0 Å². The van der Waals surface area contributed by atoms with Crippen LogP contribution < -0.4 is 16.6 Å². The maximum Gasteiger partial charge on any atom is 0.205 e. The number of hydrazine groups is 1. The second kappa shape index (κ2) is 4.46. The molecule has 1 aliphatic heterocycles. The van der Waals surface area contributed by atoms with Gasteiger partial charge in [-0.2, -0.15) is 11.8 Å². The van der Waals surface area contributed by atoms with Crippen LogP contribution in [-0.2, 0) is 0 Å². The summed E-state index contributed by atoms with van der Waals surface area (Å²) in [5.41, 5.74) is 2.51. The Morgan fingerprint density at radius 1 is 1.73 bits per heavy atom. The van der Waals surface area contributed by atoms with Crippen molar-refractivity contribution in [2.45, 2.75) is 12.5 Å². The van der Waals surface area contributed by atoms with E-state index >= 15 is 0 Å². The first-order valence-corrected chi connectivity index (χ1v) is 4.80. The quantitative estimate of drug-likeness (QED) is 0.218. The Morgan fingerprint density at radius 2 is 2.55 bits per heavy atom. The zero-order chi connectivity index (χ0) is 8.10. The Labute approximate surface area is 71.0 Å². The molecule has 1 unspecified atom stereocenters. The highest BCUT2D eigenvalue weighted by Gasteiger charge is 2.15. The van der Waals surface area contributed by atoms with Gasteiger partial charge in [0.2, 0.25) is 5.96 Å². The van der Waals surface area contributed by atoms with Gasteiger partial charge in [-0.25, -0.2) is 5.84 Å². The van der Waals surface area contributed by atoms with Crippen LogP contribution in [0, 0.1) is 0 Å². The van der Waals surface area contributed by atoms with E-state index in [4.69, 9.17) is 5.84 Å². The molecular weight excluding hydrogens is 160 g/mol. The number of thioether (sulfide) groups is 1. The summed E-state index contributed by atoms with van der Waals surface area (Å²) in [4.78, 5) is 3.93. The minimum atomic E-state index is 0.537. The average Bonchev–Trinajstić information content (AvgIpc) is 2.52. The van der Waals surface area contributed by atoms with Crippen molar-refractivity contribution in [3.8, 4) is 0 Å². The zero-order valence-corrected chi connectivity index (χ0v) is 7.45. The van der Waals surface area contributed by atoms with Crippen LogP contribution in [0.4, 0.5) is 0 Å². The topological polar surface area (TPSA) is 62.4 Å². The van der Waals surface area contributed by atoms with Crippen LogP contribution in [0.3, 0.4) is 0 Å². The predicted octanol–water partition coefficient (Wildman–Crippen LogP) is -0.469. The van der Waals surface area contributed by atoms with Crippen molar-refractivity contribution in [1.82, 2.24) is 10.7 Å². The van der Waals surface area contributed by atoms with Gasteiger partial charge in [0, 0.05) is 18.8 Å². The molecule has 4 N–H and O–H groups in total. The van der Waals surface area contributed by atoms with E-state index in [1.54, 1.807) is 7.05 Å². The summed E-state index contributed by atoms with van der Waals surface area (Å²) in [6.07, 6.45) is 1.20. The highest BCUT2D eigenvalue weighted by atomic mass is 32.2. The van der Waals surface area contributed by atoms with Crippen molar-refractivity contribution in [3.05, 3.63) is 0 Å². The van der Waals surface area contributed by atoms with Crippen LogP contribution in [0.25, 0.3) is 0 Å². The van der Waals surface area contributed by atoms with Gasteiger partial charge in [-0.05, 0) is 12.2 Å². The molecular formula is C6H14N4S. The number of nitrogens with zero attached hydrogens (tertiary/aromatic N) is 1. The molecule has 0 bridgehead atoms. The summed E-state index contributed by atoms with van der Waals surface area (Å²) in [6.45, 7) is 0. The maximum absolute atomic E-state index is 5.21. The van der Waals surface area contributed by atoms with E-state index in [0.29, 0.717) is 12.0 Å². The van der Waals surface area contributed by atoms with E-state index in [2.05, 4.69) is 15.7 Å². The molecule has 0 aromatic rings. The fourth-order valence-electron chi connectivity index (χ4n) is 1.01. The molecule has 0 aromatic carbocycles. The van der Waals surface area contributed by atoms with E-state index in [9.17, 15) is 0 Å². The lowest BCUT2D eigenvalue weighted by molar-refractivity contribution is 0.660. The second-order valence-corrected chi connectivity index (χ2v) is 3.57. The fourth-order valence-corrected chi connectivity index (χ4v) is 2.16. The zero-order valence-electron chi connectivity index (χ0n) is 6.63. The number of nitrogens with one attached hydrogen (secondary N) is 2. The molecule has 1 atom stereocenters. The van der Waals surface area contributed by atoms with Gasteiger partial charge in [-0.15, -0.1) is 0 Å². The van der Waals surface area contributed by atoms with E-state index in [1.165, 1.54) is 12.2 Å².